The number of rotatable bonds is 10. The van der Waals surface area contributed by atoms with Crippen molar-refractivity contribution in [2.24, 2.45) is 0 Å². The van der Waals surface area contributed by atoms with Crippen molar-refractivity contribution in [2.45, 2.75) is 0 Å². The monoisotopic (exact) mass is 490 g/mol. The average molecular weight is 491 g/mol. The number of hydrogen-bond acceptors (Lipinski definition) is 7. The normalized spacial score (nSPS) is 10.3. The maximum Gasteiger partial charge on any atom is 0.293 e. The summed E-state index contributed by atoms with van der Waals surface area (Å²) in [7, 11) is 4.85. The van der Waals surface area contributed by atoms with Crippen LogP contribution >= 0.6 is 0 Å². The lowest BCUT2D eigenvalue weighted by atomic mass is 9.97. The third-order valence-electron chi connectivity index (χ3n) is 5.36. The van der Waals surface area contributed by atoms with Crippen LogP contribution in [0.4, 0.5) is 11.4 Å². The zero-order valence-electron chi connectivity index (χ0n) is 20.1. The molecule has 0 spiro atoms. The Morgan fingerprint density at radius 1 is 0.861 bits per heavy atom. The molecule has 0 unspecified atom stereocenters. The second-order valence-corrected chi connectivity index (χ2v) is 7.97. The molecular weight excluding hydrogens is 464 g/mol. The van der Waals surface area contributed by atoms with Gasteiger partial charge < -0.3 is 20.3 Å². The Labute approximate surface area is 208 Å². The van der Waals surface area contributed by atoms with Gasteiger partial charge in [-0.25, -0.2) is 0 Å². The number of nitrogens with one attached hydrogen (secondary N) is 2. The molecular formula is C26H26N4O6. The number of amides is 2. The van der Waals surface area contributed by atoms with Crippen molar-refractivity contribution < 1.29 is 24.0 Å². The van der Waals surface area contributed by atoms with Crippen molar-refractivity contribution in [3.05, 3.63) is 99.1 Å². The predicted octanol–water partition coefficient (Wildman–Crippen LogP) is 3.06. The van der Waals surface area contributed by atoms with Gasteiger partial charge in [0, 0.05) is 49.9 Å². The van der Waals surface area contributed by atoms with Gasteiger partial charge in [0.1, 0.15) is 11.4 Å². The van der Waals surface area contributed by atoms with Crippen molar-refractivity contribution in [1.82, 2.24) is 10.6 Å². The average Bonchev–Trinajstić information content (AvgIpc) is 2.89. The van der Waals surface area contributed by atoms with E-state index in [0.29, 0.717) is 17.0 Å². The number of ketones is 1. The summed E-state index contributed by atoms with van der Waals surface area (Å²) < 4.78 is 5.11. The largest absolute Gasteiger partial charge is 0.497 e. The Kier molecular flexibility index (Phi) is 8.35. The van der Waals surface area contributed by atoms with Gasteiger partial charge in [-0.1, -0.05) is 24.3 Å². The molecule has 0 aliphatic rings. The van der Waals surface area contributed by atoms with Gasteiger partial charge in [0.05, 0.1) is 17.6 Å². The van der Waals surface area contributed by atoms with E-state index in [1.807, 2.05) is 0 Å². The molecule has 0 aliphatic heterocycles. The van der Waals surface area contributed by atoms with Gasteiger partial charge in [0.2, 0.25) is 0 Å². The van der Waals surface area contributed by atoms with Gasteiger partial charge >= 0.3 is 0 Å². The first-order valence-electron chi connectivity index (χ1n) is 11.0. The Bertz CT molecular complexity index is 1310. The second-order valence-electron chi connectivity index (χ2n) is 7.97. The van der Waals surface area contributed by atoms with E-state index in [1.165, 1.54) is 37.4 Å². The van der Waals surface area contributed by atoms with Gasteiger partial charge in [-0.2, -0.15) is 0 Å². The first-order chi connectivity index (χ1) is 17.2. The second kappa shape index (κ2) is 11.6. The summed E-state index contributed by atoms with van der Waals surface area (Å²) in [6.45, 7) is 0.288. The summed E-state index contributed by atoms with van der Waals surface area (Å²) in [5, 5.41) is 16.9. The minimum Gasteiger partial charge on any atom is -0.497 e. The SMILES string of the molecule is COc1cccc(C(=O)NCCNC(=O)c2ccccc2C(=O)c2ccc(N(C)C)c([N+](=O)[O-])c2)c1. The van der Waals surface area contributed by atoms with Crippen molar-refractivity contribution in [2.75, 3.05) is 39.2 Å². The van der Waals surface area contributed by atoms with Crippen LogP contribution in [0.15, 0.2) is 66.7 Å². The lowest BCUT2D eigenvalue weighted by molar-refractivity contribution is -0.384. The standard InChI is InChI=1S/C26H26N4O6/c1-29(2)22-12-11-17(16-23(22)30(34)35)24(31)20-9-4-5-10-21(20)26(33)28-14-13-27-25(32)18-7-6-8-19(15-18)36-3/h4-12,15-16H,13-14H2,1-3H3,(H,27,32)(H,28,33). The lowest BCUT2D eigenvalue weighted by Gasteiger charge is -2.14. The molecule has 3 aromatic carbocycles. The highest BCUT2D eigenvalue weighted by molar-refractivity contribution is 6.15. The molecule has 0 aromatic heterocycles. The van der Waals surface area contributed by atoms with E-state index >= 15 is 0 Å². The molecule has 0 bridgehead atoms. The molecule has 3 aromatic rings. The van der Waals surface area contributed by atoms with E-state index in [2.05, 4.69) is 10.6 Å². The number of methoxy groups -OCH3 is 1. The van der Waals surface area contributed by atoms with E-state index in [0.717, 1.165) is 0 Å². The Balaban J connectivity index is 1.68. The number of anilines is 1. The lowest BCUT2D eigenvalue weighted by Crippen LogP contribution is -2.35. The fraction of sp³-hybridized carbons (Fsp3) is 0.192. The van der Waals surface area contributed by atoms with Crippen molar-refractivity contribution in [3.8, 4) is 5.75 Å². The van der Waals surface area contributed by atoms with Gasteiger partial charge in [0.25, 0.3) is 17.5 Å². The molecule has 10 nitrogen and oxygen atoms in total. The van der Waals surface area contributed by atoms with Crippen molar-refractivity contribution >= 4 is 29.0 Å². The molecule has 0 saturated heterocycles. The minimum absolute atomic E-state index is 0.0955. The number of hydrogen-bond donors (Lipinski definition) is 2. The van der Waals surface area contributed by atoms with E-state index in [9.17, 15) is 24.5 Å². The molecule has 0 aliphatic carbocycles. The highest BCUT2D eigenvalue weighted by atomic mass is 16.6. The maximum atomic E-state index is 13.2. The zero-order chi connectivity index (χ0) is 26.2. The molecule has 0 fully saturated rings. The third kappa shape index (κ3) is 6.03. The summed E-state index contributed by atoms with van der Waals surface area (Å²) in [4.78, 5) is 50.8. The molecule has 0 saturated carbocycles. The minimum atomic E-state index is -0.551. The van der Waals surface area contributed by atoms with E-state index < -0.39 is 16.6 Å². The molecule has 0 heterocycles. The topological polar surface area (TPSA) is 131 Å². The van der Waals surface area contributed by atoms with Crippen molar-refractivity contribution in [3.63, 3.8) is 0 Å². The number of carbonyl (C=O) groups is 3. The molecule has 3 rings (SSSR count). The fourth-order valence-corrected chi connectivity index (χ4v) is 3.54. The molecule has 2 amide bonds. The molecule has 0 atom stereocenters. The number of nitrogens with zero attached hydrogens (tertiary/aromatic N) is 2. The number of nitro benzene ring substituents is 1. The summed E-state index contributed by atoms with van der Waals surface area (Å²) in [6.07, 6.45) is 0. The number of ether oxygens (including phenoxy) is 1. The van der Waals surface area contributed by atoms with Crippen LogP contribution in [-0.2, 0) is 0 Å². The van der Waals surface area contributed by atoms with Crippen LogP contribution in [0.25, 0.3) is 0 Å². The van der Waals surface area contributed by atoms with E-state index in [4.69, 9.17) is 4.74 Å². The van der Waals surface area contributed by atoms with Crippen LogP contribution < -0.4 is 20.3 Å². The van der Waals surface area contributed by atoms with Crippen LogP contribution in [0.3, 0.4) is 0 Å². The molecule has 10 heteroatoms. The number of carbonyl (C=O) groups excluding carboxylic acids is 3. The highest BCUT2D eigenvalue weighted by Gasteiger charge is 2.22. The van der Waals surface area contributed by atoms with E-state index in [1.54, 1.807) is 55.4 Å². The van der Waals surface area contributed by atoms with Gasteiger partial charge in [-0.3, -0.25) is 24.5 Å². The van der Waals surface area contributed by atoms with Gasteiger partial charge in [-0.15, -0.1) is 0 Å². The molecule has 0 radical (unpaired) electrons. The quantitative estimate of drug-likeness (QED) is 0.193. The maximum absolute atomic E-state index is 13.2. The first-order valence-corrected chi connectivity index (χ1v) is 11.0. The Morgan fingerprint density at radius 2 is 1.53 bits per heavy atom. The van der Waals surface area contributed by atoms with Crippen LogP contribution in [0.5, 0.6) is 5.75 Å². The number of nitro groups is 1. The summed E-state index contributed by atoms with van der Waals surface area (Å²) in [6, 6.07) is 17.1. The van der Waals surface area contributed by atoms with Crippen LogP contribution in [0.2, 0.25) is 0 Å². The van der Waals surface area contributed by atoms with Crippen molar-refractivity contribution in [1.29, 1.82) is 0 Å². The highest BCUT2D eigenvalue weighted by Crippen LogP contribution is 2.29. The summed E-state index contributed by atoms with van der Waals surface area (Å²) in [5.41, 5.74) is 0.908. The van der Waals surface area contributed by atoms with E-state index in [-0.39, 0.29) is 41.4 Å². The summed E-state index contributed by atoms with van der Waals surface area (Å²) >= 11 is 0. The molecule has 2 N–H and O–H groups in total. The predicted molar refractivity (Wildman–Crippen MR) is 135 cm³/mol. The molecule has 36 heavy (non-hydrogen) atoms. The van der Waals surface area contributed by atoms with Crippen LogP contribution in [0.1, 0.15) is 36.6 Å². The van der Waals surface area contributed by atoms with Gasteiger partial charge in [-0.05, 0) is 36.4 Å². The Morgan fingerprint density at radius 3 is 2.17 bits per heavy atom. The van der Waals surface area contributed by atoms with Crippen LogP contribution in [0, 0.1) is 10.1 Å². The van der Waals surface area contributed by atoms with Gasteiger partial charge in [0.15, 0.2) is 5.78 Å². The summed E-state index contributed by atoms with van der Waals surface area (Å²) in [5.74, 6) is -0.783. The smallest absolute Gasteiger partial charge is 0.293 e. The number of benzene rings is 3. The zero-order valence-corrected chi connectivity index (χ0v) is 20.1. The molecule has 186 valence electrons. The first kappa shape index (κ1) is 25.9. The Hall–Kier alpha value is -4.73. The third-order valence-corrected chi connectivity index (χ3v) is 5.36. The van der Waals surface area contributed by atoms with Crippen LogP contribution in [-0.4, -0.2) is 56.8 Å². The fourth-order valence-electron chi connectivity index (χ4n) is 3.54.